The summed E-state index contributed by atoms with van der Waals surface area (Å²) in [5.41, 5.74) is -2.32. The first kappa shape index (κ1) is 32.7. The zero-order valence-electron chi connectivity index (χ0n) is 23.5. The van der Waals surface area contributed by atoms with E-state index in [4.69, 9.17) is 21.4 Å². The van der Waals surface area contributed by atoms with Crippen LogP contribution in [0.1, 0.15) is 74.4 Å². The zero-order valence-corrected chi connectivity index (χ0v) is 24.3. The third-order valence-electron chi connectivity index (χ3n) is 8.20. The van der Waals surface area contributed by atoms with Gasteiger partial charge in [-0.3, -0.25) is 9.69 Å². The molecule has 1 N–H and O–H groups in total. The van der Waals surface area contributed by atoms with Crippen LogP contribution in [0.3, 0.4) is 0 Å². The van der Waals surface area contributed by atoms with Crippen LogP contribution in [0.25, 0.3) is 0 Å². The minimum absolute atomic E-state index is 0.0306. The van der Waals surface area contributed by atoms with E-state index in [1.54, 1.807) is 12.1 Å². The number of cyclic esters (lactones) is 1. The lowest BCUT2D eigenvalue weighted by atomic mass is 9.80. The second-order valence-corrected chi connectivity index (χ2v) is 11.5. The van der Waals surface area contributed by atoms with Crippen molar-refractivity contribution in [1.29, 1.82) is 0 Å². The number of pyridine rings is 1. The van der Waals surface area contributed by atoms with E-state index in [9.17, 15) is 35.9 Å². The number of nitrogens with zero attached hydrogens (tertiary/aromatic N) is 3. The molecule has 2 atom stereocenters. The Bertz CT molecular complexity index is 1300. The quantitative estimate of drug-likeness (QED) is 0.222. The number of hydrogen-bond acceptors (Lipinski definition) is 5. The molecule has 14 heteroatoms. The molecule has 1 aromatic carbocycles. The number of aromatic nitrogens is 1. The molecule has 2 aliphatic rings. The molecule has 0 radical (unpaired) electrons. The topological polar surface area (TPSA) is 83.0 Å². The van der Waals surface area contributed by atoms with E-state index in [1.165, 1.54) is 11.8 Å². The summed E-state index contributed by atoms with van der Waals surface area (Å²) in [4.78, 5) is 31.7. The maximum Gasteiger partial charge on any atom is 0.416 e. The van der Waals surface area contributed by atoms with Gasteiger partial charge in [-0.05, 0) is 87.3 Å². The van der Waals surface area contributed by atoms with Crippen LogP contribution >= 0.6 is 11.6 Å². The number of ether oxygens (including phenoxy) is 1. The van der Waals surface area contributed by atoms with Crippen molar-refractivity contribution < 1.29 is 45.8 Å². The molecule has 1 amide bonds. The van der Waals surface area contributed by atoms with Gasteiger partial charge in [0.1, 0.15) is 11.3 Å². The molecule has 1 saturated carbocycles. The number of anilines is 1. The molecular formula is C29H32ClF6N3O4. The van der Waals surface area contributed by atoms with Gasteiger partial charge in [0.05, 0.1) is 35.1 Å². The predicted octanol–water partition coefficient (Wildman–Crippen LogP) is 7.96. The second-order valence-electron chi connectivity index (χ2n) is 11.1. The Morgan fingerprint density at radius 1 is 1.05 bits per heavy atom. The minimum atomic E-state index is -5.04. The summed E-state index contributed by atoms with van der Waals surface area (Å²) in [5.74, 6) is -0.352. The fourth-order valence-electron chi connectivity index (χ4n) is 5.91. The lowest BCUT2D eigenvalue weighted by molar-refractivity contribution is -0.143. The molecule has 0 bridgehead atoms. The van der Waals surface area contributed by atoms with E-state index >= 15 is 0 Å². The Labute approximate surface area is 249 Å². The normalized spacial score (nSPS) is 22.9. The van der Waals surface area contributed by atoms with Crippen LogP contribution in [-0.4, -0.2) is 46.2 Å². The Morgan fingerprint density at radius 3 is 2.16 bits per heavy atom. The SMILES string of the molecule is CCN(CC1CCC(CC(=O)O)CC1)c1ccc(Cl)nc1CN1C(=O)O[C@H](c2cc(C(F)(F)F)cc(C(F)(F)F)c2)[C@@H]1C. The van der Waals surface area contributed by atoms with Crippen LogP contribution in [-0.2, 0) is 28.4 Å². The van der Waals surface area contributed by atoms with Crippen LogP contribution in [0.2, 0.25) is 5.15 Å². The van der Waals surface area contributed by atoms with Crippen LogP contribution in [0.5, 0.6) is 0 Å². The van der Waals surface area contributed by atoms with E-state index in [2.05, 4.69) is 9.88 Å². The monoisotopic (exact) mass is 635 g/mol. The summed E-state index contributed by atoms with van der Waals surface area (Å²) in [6.07, 6.45) is -8.89. The maximum absolute atomic E-state index is 13.5. The average molecular weight is 636 g/mol. The van der Waals surface area contributed by atoms with Crippen molar-refractivity contribution in [3.63, 3.8) is 0 Å². The van der Waals surface area contributed by atoms with Crippen molar-refractivity contribution >= 4 is 29.4 Å². The fraction of sp³-hybridized carbons (Fsp3) is 0.552. The van der Waals surface area contributed by atoms with Gasteiger partial charge in [-0.2, -0.15) is 26.3 Å². The zero-order chi connectivity index (χ0) is 31.7. The molecule has 1 aromatic heterocycles. The van der Waals surface area contributed by atoms with Crippen molar-refractivity contribution in [1.82, 2.24) is 9.88 Å². The first-order valence-electron chi connectivity index (χ1n) is 14.0. The molecule has 1 saturated heterocycles. The van der Waals surface area contributed by atoms with Gasteiger partial charge >= 0.3 is 24.4 Å². The fourth-order valence-corrected chi connectivity index (χ4v) is 6.08. The highest BCUT2D eigenvalue weighted by Crippen LogP contribution is 2.41. The molecule has 0 unspecified atom stereocenters. The Balaban J connectivity index is 1.56. The summed E-state index contributed by atoms with van der Waals surface area (Å²) in [5, 5.41) is 9.23. The number of alkyl halides is 6. The molecular weight excluding hydrogens is 604 g/mol. The highest BCUT2D eigenvalue weighted by Gasteiger charge is 2.43. The molecule has 43 heavy (non-hydrogen) atoms. The van der Waals surface area contributed by atoms with Gasteiger partial charge < -0.3 is 14.7 Å². The number of halogens is 7. The van der Waals surface area contributed by atoms with Crippen molar-refractivity contribution in [2.45, 2.75) is 77.0 Å². The van der Waals surface area contributed by atoms with E-state index < -0.39 is 53.3 Å². The van der Waals surface area contributed by atoms with Gasteiger partial charge in [0.25, 0.3) is 0 Å². The maximum atomic E-state index is 13.5. The summed E-state index contributed by atoms with van der Waals surface area (Å²) < 4.78 is 86.1. The van der Waals surface area contributed by atoms with E-state index in [-0.39, 0.29) is 30.1 Å². The first-order valence-corrected chi connectivity index (χ1v) is 14.3. The summed E-state index contributed by atoms with van der Waals surface area (Å²) in [7, 11) is 0. The molecule has 1 aliphatic heterocycles. The lowest BCUT2D eigenvalue weighted by Crippen LogP contribution is -2.35. The number of hydrogen-bond donors (Lipinski definition) is 1. The summed E-state index contributed by atoms with van der Waals surface area (Å²) in [6, 6.07) is 3.60. The number of carbonyl (C=O) groups excluding carboxylic acids is 1. The number of aliphatic carboxylic acids is 1. The second kappa shape index (κ2) is 12.8. The van der Waals surface area contributed by atoms with Gasteiger partial charge in [-0.1, -0.05) is 11.6 Å². The number of rotatable bonds is 9. The standard InChI is InChI=1S/C29H32ClF6N3O4/c1-3-38(14-18-6-4-17(5-7-18)10-25(40)41)23-8-9-24(30)37-22(23)15-39-16(2)26(43-27(39)42)19-11-20(28(31,32)33)13-21(12-19)29(34,35)36/h8-9,11-13,16-18,26H,3-7,10,14-15H2,1-2H3,(H,40,41)/t16-,17?,18?,26-/m0/s1. The van der Waals surface area contributed by atoms with Gasteiger partial charge in [-0.15, -0.1) is 0 Å². The lowest BCUT2D eigenvalue weighted by Gasteiger charge is -2.34. The Morgan fingerprint density at radius 2 is 1.63 bits per heavy atom. The van der Waals surface area contributed by atoms with Gasteiger partial charge in [0.15, 0.2) is 0 Å². The number of amides is 1. The molecule has 4 rings (SSSR count). The summed E-state index contributed by atoms with van der Waals surface area (Å²) in [6.45, 7) is 4.53. The van der Waals surface area contributed by atoms with E-state index in [0.29, 0.717) is 42.5 Å². The van der Waals surface area contributed by atoms with Gasteiger partial charge in [0, 0.05) is 19.5 Å². The number of carboxylic acid groups (broad SMARTS) is 1. The predicted molar refractivity (Wildman–Crippen MR) is 146 cm³/mol. The van der Waals surface area contributed by atoms with Crippen LogP contribution in [0.4, 0.5) is 36.8 Å². The van der Waals surface area contributed by atoms with Crippen molar-refractivity contribution in [3.8, 4) is 0 Å². The largest absolute Gasteiger partial charge is 0.481 e. The third-order valence-corrected chi connectivity index (χ3v) is 8.41. The van der Waals surface area contributed by atoms with E-state index in [0.717, 1.165) is 25.7 Å². The Hall–Kier alpha value is -3.22. The molecule has 1 aliphatic carbocycles. The first-order chi connectivity index (χ1) is 20.1. The summed E-state index contributed by atoms with van der Waals surface area (Å²) >= 11 is 6.19. The molecule has 7 nitrogen and oxygen atoms in total. The van der Waals surface area contributed by atoms with Gasteiger partial charge in [-0.25, -0.2) is 9.78 Å². The highest BCUT2D eigenvalue weighted by molar-refractivity contribution is 6.29. The van der Waals surface area contributed by atoms with Crippen molar-refractivity contribution in [3.05, 3.63) is 57.9 Å². The molecule has 0 spiro atoms. The third kappa shape index (κ3) is 7.84. The van der Waals surface area contributed by atoms with Crippen molar-refractivity contribution in [2.75, 3.05) is 18.0 Å². The number of carbonyl (C=O) groups is 2. The minimum Gasteiger partial charge on any atom is -0.481 e. The smallest absolute Gasteiger partial charge is 0.416 e. The van der Waals surface area contributed by atoms with Crippen LogP contribution < -0.4 is 4.90 Å². The average Bonchev–Trinajstić information content (AvgIpc) is 3.20. The highest BCUT2D eigenvalue weighted by atomic mass is 35.5. The Kier molecular flexibility index (Phi) is 9.72. The molecule has 2 aromatic rings. The van der Waals surface area contributed by atoms with Crippen LogP contribution in [0.15, 0.2) is 30.3 Å². The number of benzene rings is 1. The van der Waals surface area contributed by atoms with E-state index in [1.807, 2.05) is 6.92 Å². The van der Waals surface area contributed by atoms with Gasteiger partial charge in [0.2, 0.25) is 0 Å². The molecule has 2 heterocycles. The van der Waals surface area contributed by atoms with Crippen molar-refractivity contribution in [2.24, 2.45) is 11.8 Å². The molecule has 236 valence electrons. The van der Waals surface area contributed by atoms with Crippen LogP contribution in [0, 0.1) is 11.8 Å². The molecule has 2 fully saturated rings. The number of carboxylic acids is 1.